The van der Waals surface area contributed by atoms with Gasteiger partial charge in [-0.25, -0.2) is 9.97 Å². The van der Waals surface area contributed by atoms with Crippen molar-refractivity contribution < 1.29 is 10.2 Å². The normalized spacial score (nSPS) is 12.4. The summed E-state index contributed by atoms with van der Waals surface area (Å²) in [5.74, 6) is 0.139. The van der Waals surface area contributed by atoms with E-state index in [2.05, 4.69) is 9.97 Å². The molecule has 0 fully saturated rings. The maximum absolute atomic E-state index is 9.45. The van der Waals surface area contributed by atoms with Crippen LogP contribution in [-0.2, 0) is 0 Å². The molecule has 0 amide bonds. The monoisotopic (exact) mass is 245 g/mol. The summed E-state index contributed by atoms with van der Waals surface area (Å²) in [6.07, 6.45) is 1.69. The highest BCUT2D eigenvalue weighted by Gasteiger charge is 2.10. The molecule has 0 aliphatic carbocycles. The van der Waals surface area contributed by atoms with E-state index in [1.54, 1.807) is 12.3 Å². The zero-order valence-electron chi connectivity index (χ0n) is 10.3. The van der Waals surface area contributed by atoms with Gasteiger partial charge in [-0.05, 0) is 32.0 Å². The number of phenols is 2. The van der Waals surface area contributed by atoms with Gasteiger partial charge in [-0.1, -0.05) is 0 Å². The molecule has 0 bridgehead atoms. The van der Waals surface area contributed by atoms with Crippen LogP contribution in [0.25, 0.3) is 11.4 Å². The Labute approximate surface area is 105 Å². The molecule has 2 rings (SSSR count). The SMILES string of the molecule is Cc1nc(-c2ccc(O)c(O)c2)ncc1[C@@H](C)N. The number of nitrogens with zero attached hydrogens (tertiary/aromatic N) is 2. The van der Waals surface area contributed by atoms with Gasteiger partial charge in [-0.2, -0.15) is 0 Å². The van der Waals surface area contributed by atoms with Crippen LogP contribution in [-0.4, -0.2) is 20.2 Å². The first-order valence-corrected chi connectivity index (χ1v) is 5.60. The first-order chi connectivity index (χ1) is 8.49. The molecule has 0 aliphatic rings. The van der Waals surface area contributed by atoms with E-state index in [0.29, 0.717) is 11.4 Å². The van der Waals surface area contributed by atoms with Gasteiger partial charge in [0.05, 0.1) is 0 Å². The lowest BCUT2D eigenvalue weighted by atomic mass is 10.1. The standard InChI is InChI=1S/C13H15N3O2/c1-7(14)10-6-15-13(16-8(10)2)9-3-4-11(17)12(18)5-9/h3-7,17-18H,14H2,1-2H3/t7-/m1/s1. The van der Waals surface area contributed by atoms with Crippen LogP contribution < -0.4 is 5.73 Å². The van der Waals surface area contributed by atoms with Gasteiger partial charge in [0, 0.05) is 29.1 Å². The lowest BCUT2D eigenvalue weighted by Gasteiger charge is -2.10. The smallest absolute Gasteiger partial charge is 0.159 e. The molecule has 4 N–H and O–H groups in total. The van der Waals surface area contributed by atoms with Crippen LogP contribution in [0.1, 0.15) is 24.2 Å². The minimum atomic E-state index is -0.190. The molecule has 94 valence electrons. The number of aromatic hydroxyl groups is 2. The molecule has 5 heteroatoms. The van der Waals surface area contributed by atoms with E-state index < -0.39 is 0 Å². The lowest BCUT2D eigenvalue weighted by Crippen LogP contribution is -2.09. The number of hydrogen-bond donors (Lipinski definition) is 3. The van der Waals surface area contributed by atoms with Gasteiger partial charge in [0.15, 0.2) is 17.3 Å². The third-order valence-corrected chi connectivity index (χ3v) is 2.74. The fourth-order valence-corrected chi connectivity index (χ4v) is 1.73. The second kappa shape index (κ2) is 4.62. The summed E-state index contributed by atoms with van der Waals surface area (Å²) < 4.78 is 0. The van der Waals surface area contributed by atoms with E-state index in [0.717, 1.165) is 11.3 Å². The van der Waals surface area contributed by atoms with Crippen LogP contribution in [0.5, 0.6) is 11.5 Å². The quantitative estimate of drug-likeness (QED) is 0.702. The Morgan fingerprint density at radius 3 is 2.50 bits per heavy atom. The van der Waals surface area contributed by atoms with Crippen molar-refractivity contribution in [3.8, 4) is 22.9 Å². The van der Waals surface area contributed by atoms with E-state index in [1.165, 1.54) is 12.1 Å². The van der Waals surface area contributed by atoms with Crippen molar-refractivity contribution in [3.05, 3.63) is 35.7 Å². The fraction of sp³-hybridized carbons (Fsp3) is 0.231. The largest absolute Gasteiger partial charge is 0.504 e. The van der Waals surface area contributed by atoms with Crippen molar-refractivity contribution >= 4 is 0 Å². The summed E-state index contributed by atoms with van der Waals surface area (Å²) in [7, 11) is 0. The van der Waals surface area contributed by atoms with E-state index in [9.17, 15) is 10.2 Å². The van der Waals surface area contributed by atoms with Crippen LogP contribution in [0.4, 0.5) is 0 Å². The molecule has 0 spiro atoms. The van der Waals surface area contributed by atoms with Gasteiger partial charge in [0.25, 0.3) is 0 Å². The highest BCUT2D eigenvalue weighted by atomic mass is 16.3. The van der Waals surface area contributed by atoms with Gasteiger partial charge in [-0.3, -0.25) is 0 Å². The molecule has 1 aromatic carbocycles. The predicted octanol–water partition coefficient (Wildman–Crippen LogP) is 1.88. The number of aromatic nitrogens is 2. The Morgan fingerprint density at radius 2 is 1.94 bits per heavy atom. The summed E-state index contributed by atoms with van der Waals surface area (Å²) >= 11 is 0. The fourth-order valence-electron chi connectivity index (χ4n) is 1.73. The molecule has 1 atom stereocenters. The van der Waals surface area contributed by atoms with Crippen molar-refractivity contribution in [2.75, 3.05) is 0 Å². The second-order valence-corrected chi connectivity index (χ2v) is 4.23. The summed E-state index contributed by atoms with van der Waals surface area (Å²) in [5.41, 5.74) is 8.14. The van der Waals surface area contributed by atoms with Crippen molar-refractivity contribution in [2.45, 2.75) is 19.9 Å². The predicted molar refractivity (Wildman–Crippen MR) is 68.1 cm³/mol. The Hall–Kier alpha value is -2.14. The topological polar surface area (TPSA) is 92.3 Å². The van der Waals surface area contributed by atoms with E-state index in [4.69, 9.17) is 5.73 Å². The molecule has 0 saturated carbocycles. The molecule has 0 unspecified atom stereocenters. The Kier molecular flexibility index (Phi) is 3.16. The second-order valence-electron chi connectivity index (χ2n) is 4.23. The number of benzene rings is 1. The van der Waals surface area contributed by atoms with Crippen LogP contribution >= 0.6 is 0 Å². The average molecular weight is 245 g/mol. The Morgan fingerprint density at radius 1 is 1.22 bits per heavy atom. The summed E-state index contributed by atoms with van der Waals surface area (Å²) in [4.78, 5) is 8.57. The van der Waals surface area contributed by atoms with E-state index >= 15 is 0 Å². The van der Waals surface area contributed by atoms with Crippen LogP contribution in [0.2, 0.25) is 0 Å². The lowest BCUT2D eigenvalue weighted by molar-refractivity contribution is 0.404. The summed E-state index contributed by atoms with van der Waals surface area (Å²) in [5, 5.41) is 18.7. The van der Waals surface area contributed by atoms with Gasteiger partial charge < -0.3 is 15.9 Å². The molecule has 1 heterocycles. The van der Waals surface area contributed by atoms with Gasteiger partial charge in [-0.15, -0.1) is 0 Å². The highest BCUT2D eigenvalue weighted by Crippen LogP contribution is 2.29. The molecule has 2 aromatic rings. The summed E-state index contributed by atoms with van der Waals surface area (Å²) in [6.45, 7) is 3.74. The van der Waals surface area contributed by atoms with E-state index in [1.807, 2.05) is 13.8 Å². The third kappa shape index (κ3) is 2.26. The zero-order chi connectivity index (χ0) is 13.3. The molecule has 0 aliphatic heterocycles. The molecule has 0 radical (unpaired) electrons. The number of nitrogens with two attached hydrogens (primary N) is 1. The molecule has 1 aromatic heterocycles. The van der Waals surface area contributed by atoms with Crippen molar-refractivity contribution in [2.24, 2.45) is 5.73 Å². The van der Waals surface area contributed by atoms with Crippen molar-refractivity contribution in [3.63, 3.8) is 0 Å². The minimum Gasteiger partial charge on any atom is -0.504 e. The van der Waals surface area contributed by atoms with Crippen LogP contribution in [0, 0.1) is 6.92 Å². The number of phenolic OH excluding ortho intramolecular Hbond substituents is 2. The van der Waals surface area contributed by atoms with Crippen molar-refractivity contribution in [1.82, 2.24) is 9.97 Å². The Bertz CT molecular complexity index is 582. The minimum absolute atomic E-state index is 0.118. The molecule has 18 heavy (non-hydrogen) atoms. The zero-order valence-corrected chi connectivity index (χ0v) is 10.3. The maximum atomic E-state index is 9.45. The number of aryl methyl sites for hydroxylation is 1. The molecule has 5 nitrogen and oxygen atoms in total. The third-order valence-electron chi connectivity index (χ3n) is 2.74. The maximum Gasteiger partial charge on any atom is 0.159 e. The summed E-state index contributed by atoms with van der Waals surface area (Å²) in [6, 6.07) is 4.36. The Balaban J connectivity index is 2.45. The molecular formula is C13H15N3O2. The van der Waals surface area contributed by atoms with Gasteiger partial charge in [0.2, 0.25) is 0 Å². The number of rotatable bonds is 2. The van der Waals surface area contributed by atoms with Gasteiger partial charge in [0.1, 0.15) is 0 Å². The molecular weight excluding hydrogens is 230 g/mol. The molecule has 0 saturated heterocycles. The first kappa shape index (κ1) is 12.3. The van der Waals surface area contributed by atoms with Crippen molar-refractivity contribution in [1.29, 1.82) is 0 Å². The average Bonchev–Trinajstić information content (AvgIpc) is 2.32. The number of hydrogen-bond acceptors (Lipinski definition) is 5. The van der Waals surface area contributed by atoms with Crippen LogP contribution in [0.3, 0.4) is 0 Å². The van der Waals surface area contributed by atoms with Crippen LogP contribution in [0.15, 0.2) is 24.4 Å². The first-order valence-electron chi connectivity index (χ1n) is 5.60. The van der Waals surface area contributed by atoms with Gasteiger partial charge >= 0.3 is 0 Å². The highest BCUT2D eigenvalue weighted by molar-refractivity contribution is 5.60. The van der Waals surface area contributed by atoms with E-state index in [-0.39, 0.29) is 17.5 Å².